The van der Waals surface area contributed by atoms with Crippen molar-refractivity contribution in [3.05, 3.63) is 65.7 Å². The Morgan fingerprint density at radius 2 is 1.60 bits per heavy atom. The second-order valence-corrected chi connectivity index (χ2v) is 5.08. The molecule has 1 N–H and O–H groups in total. The molecule has 0 bridgehead atoms. The van der Waals surface area contributed by atoms with E-state index in [2.05, 4.69) is 5.32 Å². The van der Waals surface area contributed by atoms with Crippen LogP contribution in [-0.2, 0) is 0 Å². The predicted molar refractivity (Wildman–Crippen MR) is 81.3 cm³/mol. The van der Waals surface area contributed by atoms with Gasteiger partial charge in [-0.1, -0.05) is 30.3 Å². The highest BCUT2D eigenvalue weighted by Crippen LogP contribution is 2.14. The van der Waals surface area contributed by atoms with Gasteiger partial charge in [0.25, 0.3) is 5.91 Å². The lowest BCUT2D eigenvalue weighted by Crippen LogP contribution is -2.29. The van der Waals surface area contributed by atoms with Gasteiger partial charge in [0.05, 0.1) is 6.54 Å². The van der Waals surface area contributed by atoms with Gasteiger partial charge in [-0.3, -0.25) is 9.59 Å². The second-order valence-electron chi connectivity index (χ2n) is 4.20. The van der Waals surface area contributed by atoms with Gasteiger partial charge in [0.15, 0.2) is 5.78 Å². The van der Waals surface area contributed by atoms with E-state index in [4.69, 9.17) is 0 Å². The minimum Gasteiger partial charge on any atom is -0.345 e. The smallest absolute Gasteiger partial charge is 0.251 e. The molecule has 0 aromatic heterocycles. The molecular formula is C16H15NO2S. The Kier molecular flexibility index (Phi) is 4.96. The fourth-order valence-corrected chi connectivity index (χ4v) is 2.14. The number of thioether (sulfide) groups is 1. The average molecular weight is 285 g/mol. The van der Waals surface area contributed by atoms with Crippen LogP contribution in [0.2, 0.25) is 0 Å². The molecule has 0 fully saturated rings. The minimum atomic E-state index is -0.234. The van der Waals surface area contributed by atoms with Crippen LogP contribution in [0, 0.1) is 0 Å². The minimum absolute atomic E-state index is 0.00707. The number of ketones is 1. The summed E-state index contributed by atoms with van der Waals surface area (Å²) in [5.41, 5.74) is 1.16. The summed E-state index contributed by atoms with van der Waals surface area (Å²) in [6.07, 6.45) is 1.98. The van der Waals surface area contributed by atoms with Gasteiger partial charge in [0.2, 0.25) is 0 Å². The highest BCUT2D eigenvalue weighted by atomic mass is 32.2. The first-order chi connectivity index (χ1) is 9.70. The molecule has 0 heterocycles. The molecule has 0 radical (unpaired) electrons. The van der Waals surface area contributed by atoms with Crippen LogP contribution < -0.4 is 5.32 Å². The van der Waals surface area contributed by atoms with E-state index >= 15 is 0 Å². The van der Waals surface area contributed by atoms with Gasteiger partial charge in [0, 0.05) is 16.0 Å². The molecule has 0 saturated carbocycles. The molecule has 0 saturated heterocycles. The lowest BCUT2D eigenvalue weighted by Gasteiger charge is -2.05. The van der Waals surface area contributed by atoms with E-state index < -0.39 is 0 Å². The molecule has 4 heteroatoms. The summed E-state index contributed by atoms with van der Waals surface area (Å²) >= 11 is 1.62. The van der Waals surface area contributed by atoms with Crippen molar-refractivity contribution in [2.45, 2.75) is 4.90 Å². The van der Waals surface area contributed by atoms with Gasteiger partial charge in [-0.15, -0.1) is 11.8 Å². The summed E-state index contributed by atoms with van der Waals surface area (Å²) in [5.74, 6) is -0.332. The zero-order chi connectivity index (χ0) is 14.4. The van der Waals surface area contributed by atoms with Crippen LogP contribution in [0.15, 0.2) is 59.5 Å². The van der Waals surface area contributed by atoms with Crippen molar-refractivity contribution in [2.75, 3.05) is 12.8 Å². The first kappa shape index (κ1) is 14.3. The molecular weight excluding hydrogens is 270 g/mol. The highest BCUT2D eigenvalue weighted by Gasteiger charge is 2.09. The van der Waals surface area contributed by atoms with E-state index in [1.165, 1.54) is 0 Å². The molecule has 0 atom stereocenters. The van der Waals surface area contributed by atoms with Crippen LogP contribution in [0.1, 0.15) is 20.7 Å². The maximum absolute atomic E-state index is 11.9. The summed E-state index contributed by atoms with van der Waals surface area (Å²) in [5, 5.41) is 2.64. The maximum atomic E-state index is 11.9. The number of amides is 1. The number of hydrogen-bond acceptors (Lipinski definition) is 3. The molecule has 1 amide bonds. The third-order valence-corrected chi connectivity index (χ3v) is 3.60. The Bertz CT molecular complexity index is 594. The summed E-state index contributed by atoms with van der Waals surface area (Å²) in [6.45, 7) is 0.00707. The number of benzene rings is 2. The van der Waals surface area contributed by atoms with Crippen molar-refractivity contribution < 1.29 is 9.59 Å². The van der Waals surface area contributed by atoms with Crippen LogP contribution in [0.4, 0.5) is 0 Å². The van der Waals surface area contributed by atoms with E-state index in [1.807, 2.05) is 24.5 Å². The van der Waals surface area contributed by atoms with E-state index in [-0.39, 0.29) is 18.2 Å². The molecule has 0 unspecified atom stereocenters. The molecule has 0 aliphatic heterocycles. The Hall–Kier alpha value is -2.07. The van der Waals surface area contributed by atoms with E-state index in [9.17, 15) is 9.59 Å². The van der Waals surface area contributed by atoms with Gasteiger partial charge in [-0.2, -0.15) is 0 Å². The summed E-state index contributed by atoms with van der Waals surface area (Å²) in [4.78, 5) is 24.9. The van der Waals surface area contributed by atoms with Gasteiger partial charge < -0.3 is 5.32 Å². The molecule has 0 aliphatic carbocycles. The molecule has 0 spiro atoms. The quantitative estimate of drug-likeness (QED) is 0.678. The summed E-state index contributed by atoms with van der Waals surface area (Å²) < 4.78 is 0. The molecule has 3 nitrogen and oxygen atoms in total. The van der Waals surface area contributed by atoms with Gasteiger partial charge in [-0.25, -0.2) is 0 Å². The van der Waals surface area contributed by atoms with Crippen LogP contribution >= 0.6 is 11.8 Å². The SMILES string of the molecule is CSc1ccc(C(=O)NCC(=O)c2ccccc2)cc1. The van der Waals surface area contributed by atoms with Gasteiger partial charge in [-0.05, 0) is 30.5 Å². The van der Waals surface area contributed by atoms with E-state index in [0.717, 1.165) is 4.90 Å². The normalized spacial score (nSPS) is 10.1. The van der Waals surface area contributed by atoms with Crippen LogP contribution in [-0.4, -0.2) is 24.5 Å². The number of Topliss-reactive ketones (excluding diaryl/α,β-unsaturated/α-hetero) is 1. The fourth-order valence-electron chi connectivity index (χ4n) is 1.73. The highest BCUT2D eigenvalue weighted by molar-refractivity contribution is 7.98. The van der Waals surface area contributed by atoms with E-state index in [0.29, 0.717) is 11.1 Å². The van der Waals surface area contributed by atoms with Crippen molar-refractivity contribution in [3.8, 4) is 0 Å². The number of hydrogen-bond donors (Lipinski definition) is 1. The maximum Gasteiger partial charge on any atom is 0.251 e. The van der Waals surface area contributed by atoms with Crippen molar-refractivity contribution in [1.82, 2.24) is 5.32 Å². The fraction of sp³-hybridized carbons (Fsp3) is 0.125. The first-order valence-electron chi connectivity index (χ1n) is 6.21. The van der Waals surface area contributed by atoms with Crippen LogP contribution in [0.3, 0.4) is 0 Å². The zero-order valence-electron chi connectivity index (χ0n) is 11.1. The Morgan fingerprint density at radius 1 is 0.950 bits per heavy atom. The van der Waals surface area contributed by atoms with Crippen LogP contribution in [0.25, 0.3) is 0 Å². The number of nitrogens with one attached hydrogen (secondary N) is 1. The van der Waals surface area contributed by atoms with Crippen molar-refractivity contribution in [3.63, 3.8) is 0 Å². The number of carbonyl (C=O) groups is 2. The zero-order valence-corrected chi connectivity index (χ0v) is 11.9. The third kappa shape index (κ3) is 3.71. The molecule has 0 aliphatic rings. The van der Waals surface area contributed by atoms with Crippen LogP contribution in [0.5, 0.6) is 0 Å². The molecule has 102 valence electrons. The molecule has 2 aromatic rings. The number of rotatable bonds is 5. The molecule has 2 rings (SSSR count). The Balaban J connectivity index is 1.93. The van der Waals surface area contributed by atoms with Crippen molar-refractivity contribution in [2.24, 2.45) is 0 Å². The van der Waals surface area contributed by atoms with Gasteiger partial charge >= 0.3 is 0 Å². The van der Waals surface area contributed by atoms with Crippen molar-refractivity contribution in [1.29, 1.82) is 0 Å². The van der Waals surface area contributed by atoms with Crippen molar-refractivity contribution >= 4 is 23.5 Å². The summed E-state index contributed by atoms with van der Waals surface area (Å²) in [7, 11) is 0. The monoisotopic (exact) mass is 285 g/mol. The molecule has 20 heavy (non-hydrogen) atoms. The summed E-state index contributed by atoms with van der Waals surface area (Å²) in [6, 6.07) is 16.2. The van der Waals surface area contributed by atoms with E-state index in [1.54, 1.807) is 48.2 Å². The average Bonchev–Trinajstić information content (AvgIpc) is 2.53. The molecule has 2 aromatic carbocycles. The van der Waals surface area contributed by atoms with Gasteiger partial charge in [0.1, 0.15) is 0 Å². The largest absolute Gasteiger partial charge is 0.345 e. The standard InChI is InChI=1S/C16H15NO2S/c1-20-14-9-7-13(8-10-14)16(19)17-11-15(18)12-5-3-2-4-6-12/h2-10H,11H2,1H3,(H,17,19). The second kappa shape index (κ2) is 6.91. The number of carbonyl (C=O) groups excluding carboxylic acids is 2. The predicted octanol–water partition coefficient (Wildman–Crippen LogP) is 3.02. The topological polar surface area (TPSA) is 46.2 Å². The third-order valence-electron chi connectivity index (χ3n) is 2.86. The lowest BCUT2D eigenvalue weighted by molar-refractivity contribution is 0.0904. The Labute approximate surface area is 122 Å². The lowest BCUT2D eigenvalue weighted by atomic mass is 10.1. The Morgan fingerprint density at radius 3 is 2.20 bits per heavy atom. The first-order valence-corrected chi connectivity index (χ1v) is 7.43.